The van der Waals surface area contributed by atoms with Gasteiger partial charge in [0.15, 0.2) is 0 Å². The van der Waals surface area contributed by atoms with Gasteiger partial charge in [-0.1, -0.05) is 25.3 Å². The number of benzene rings is 1. The van der Waals surface area contributed by atoms with E-state index >= 15 is 0 Å². The first-order valence-corrected chi connectivity index (χ1v) is 6.93. The number of rotatable bonds is 5. The molecule has 0 unspecified atom stereocenters. The number of methoxy groups -OCH3 is 1. The van der Waals surface area contributed by atoms with Crippen LogP contribution in [0.3, 0.4) is 0 Å². The molecule has 1 fully saturated rings. The smallest absolute Gasteiger partial charge is 0.250 e. The number of nitrogens with one attached hydrogen (secondary N) is 2. The average Bonchev–Trinajstić information content (AvgIpc) is 2.40. The molecule has 0 saturated heterocycles. The number of anilines is 2. The van der Waals surface area contributed by atoms with Crippen LogP contribution < -0.4 is 10.6 Å². The van der Waals surface area contributed by atoms with Crippen LogP contribution in [0.2, 0.25) is 0 Å². The highest BCUT2D eigenvalue weighted by Gasteiger charge is 2.13. The van der Waals surface area contributed by atoms with Crippen molar-refractivity contribution in [3.8, 4) is 0 Å². The molecule has 0 spiro atoms. The second-order valence-electron chi connectivity index (χ2n) is 5.04. The van der Waals surface area contributed by atoms with Crippen molar-refractivity contribution in [1.82, 2.24) is 0 Å². The van der Waals surface area contributed by atoms with Crippen molar-refractivity contribution < 1.29 is 9.53 Å². The van der Waals surface area contributed by atoms with Crippen molar-refractivity contribution >= 4 is 17.3 Å². The second kappa shape index (κ2) is 7.14. The lowest BCUT2D eigenvalue weighted by Crippen LogP contribution is -2.22. The van der Waals surface area contributed by atoms with E-state index in [0.717, 1.165) is 11.4 Å². The Hall–Kier alpha value is -1.55. The molecule has 0 heterocycles. The second-order valence-corrected chi connectivity index (χ2v) is 5.04. The maximum absolute atomic E-state index is 11.5. The van der Waals surface area contributed by atoms with Crippen molar-refractivity contribution in [3.63, 3.8) is 0 Å². The van der Waals surface area contributed by atoms with E-state index in [1.807, 2.05) is 24.3 Å². The molecule has 4 heteroatoms. The summed E-state index contributed by atoms with van der Waals surface area (Å²) in [5.41, 5.74) is 1.88. The molecular formula is C15H22N2O2. The van der Waals surface area contributed by atoms with Gasteiger partial charge in [0.1, 0.15) is 6.61 Å². The number of ether oxygens (including phenoxy) is 1. The maximum atomic E-state index is 11.5. The Balaban J connectivity index is 1.92. The summed E-state index contributed by atoms with van der Waals surface area (Å²) in [7, 11) is 1.51. The minimum absolute atomic E-state index is 0.0836. The van der Waals surface area contributed by atoms with Crippen LogP contribution in [0, 0.1) is 0 Å². The van der Waals surface area contributed by atoms with Crippen molar-refractivity contribution in [2.75, 3.05) is 24.4 Å². The standard InChI is InChI=1S/C15H22N2O2/c1-19-11-15(18)17-14-9-5-8-13(10-14)16-12-6-3-2-4-7-12/h5,8-10,12,16H,2-4,6-7,11H2,1H3,(H,17,18). The highest BCUT2D eigenvalue weighted by molar-refractivity contribution is 5.92. The summed E-state index contributed by atoms with van der Waals surface area (Å²) in [4.78, 5) is 11.5. The summed E-state index contributed by atoms with van der Waals surface area (Å²) in [6, 6.07) is 8.43. The lowest BCUT2D eigenvalue weighted by Gasteiger charge is -2.24. The van der Waals surface area contributed by atoms with E-state index in [1.165, 1.54) is 39.2 Å². The molecule has 19 heavy (non-hydrogen) atoms. The van der Waals surface area contributed by atoms with E-state index in [4.69, 9.17) is 4.74 Å². The lowest BCUT2D eigenvalue weighted by atomic mass is 9.95. The van der Waals surface area contributed by atoms with E-state index in [1.54, 1.807) is 0 Å². The third-order valence-electron chi connectivity index (χ3n) is 3.40. The summed E-state index contributed by atoms with van der Waals surface area (Å²) in [5.74, 6) is -0.127. The van der Waals surface area contributed by atoms with Crippen molar-refractivity contribution in [3.05, 3.63) is 24.3 Å². The molecule has 0 aromatic heterocycles. The zero-order chi connectivity index (χ0) is 13.5. The monoisotopic (exact) mass is 262 g/mol. The third kappa shape index (κ3) is 4.56. The topological polar surface area (TPSA) is 50.4 Å². The minimum atomic E-state index is -0.127. The predicted molar refractivity (Wildman–Crippen MR) is 77.4 cm³/mol. The van der Waals surface area contributed by atoms with Gasteiger partial charge in [-0.2, -0.15) is 0 Å². The SMILES string of the molecule is COCC(=O)Nc1cccc(NC2CCCCC2)c1. The van der Waals surface area contributed by atoms with Crippen LogP contribution in [-0.4, -0.2) is 25.7 Å². The fourth-order valence-electron chi connectivity index (χ4n) is 2.50. The molecule has 0 atom stereocenters. The molecule has 1 aromatic rings. The van der Waals surface area contributed by atoms with Crippen LogP contribution in [0.1, 0.15) is 32.1 Å². The number of hydrogen-bond donors (Lipinski definition) is 2. The van der Waals surface area contributed by atoms with Gasteiger partial charge in [-0.05, 0) is 31.0 Å². The van der Waals surface area contributed by atoms with Crippen molar-refractivity contribution in [1.29, 1.82) is 0 Å². The van der Waals surface area contributed by atoms with E-state index in [0.29, 0.717) is 6.04 Å². The van der Waals surface area contributed by atoms with Gasteiger partial charge in [0, 0.05) is 24.5 Å². The Morgan fingerprint density at radius 1 is 1.26 bits per heavy atom. The number of carbonyl (C=O) groups excluding carboxylic acids is 1. The van der Waals surface area contributed by atoms with E-state index in [-0.39, 0.29) is 12.5 Å². The Kier molecular flexibility index (Phi) is 5.21. The molecule has 1 aliphatic carbocycles. The molecule has 0 bridgehead atoms. The summed E-state index contributed by atoms with van der Waals surface area (Å²) in [6.45, 7) is 0.0836. The summed E-state index contributed by atoms with van der Waals surface area (Å²) >= 11 is 0. The number of amides is 1. The summed E-state index contributed by atoms with van der Waals surface area (Å²) < 4.78 is 4.80. The highest BCUT2D eigenvalue weighted by Crippen LogP contribution is 2.23. The van der Waals surface area contributed by atoms with Crippen molar-refractivity contribution in [2.45, 2.75) is 38.1 Å². The molecule has 4 nitrogen and oxygen atoms in total. The van der Waals surface area contributed by atoms with Gasteiger partial charge in [0.25, 0.3) is 0 Å². The van der Waals surface area contributed by atoms with Crippen LogP contribution in [0.5, 0.6) is 0 Å². The molecule has 1 aromatic carbocycles. The van der Waals surface area contributed by atoms with Crippen LogP contribution in [0.15, 0.2) is 24.3 Å². The molecule has 1 amide bonds. The molecular weight excluding hydrogens is 240 g/mol. The van der Waals surface area contributed by atoms with Crippen molar-refractivity contribution in [2.24, 2.45) is 0 Å². The molecule has 1 aliphatic rings. The molecule has 0 radical (unpaired) electrons. The molecule has 2 N–H and O–H groups in total. The zero-order valence-electron chi connectivity index (χ0n) is 11.4. The van der Waals surface area contributed by atoms with E-state index in [9.17, 15) is 4.79 Å². The Morgan fingerprint density at radius 3 is 2.74 bits per heavy atom. The first-order chi connectivity index (χ1) is 9.28. The van der Waals surface area contributed by atoms with Gasteiger partial charge in [0.05, 0.1) is 0 Å². The minimum Gasteiger partial charge on any atom is -0.382 e. The van der Waals surface area contributed by atoms with Crippen LogP contribution in [0.4, 0.5) is 11.4 Å². The number of carbonyl (C=O) groups is 1. The number of hydrogen-bond acceptors (Lipinski definition) is 3. The molecule has 104 valence electrons. The van der Waals surface area contributed by atoms with Gasteiger partial charge in [-0.3, -0.25) is 4.79 Å². The molecule has 2 rings (SSSR count). The quantitative estimate of drug-likeness (QED) is 0.857. The maximum Gasteiger partial charge on any atom is 0.250 e. The average molecular weight is 262 g/mol. The lowest BCUT2D eigenvalue weighted by molar-refractivity contribution is -0.119. The largest absolute Gasteiger partial charge is 0.382 e. The summed E-state index contributed by atoms with van der Waals surface area (Å²) in [6.07, 6.45) is 6.44. The third-order valence-corrected chi connectivity index (χ3v) is 3.40. The summed E-state index contributed by atoms with van der Waals surface area (Å²) in [5, 5.41) is 6.36. The van der Waals surface area contributed by atoms with E-state index < -0.39 is 0 Å². The zero-order valence-corrected chi connectivity index (χ0v) is 11.4. The van der Waals surface area contributed by atoms with Crippen LogP contribution >= 0.6 is 0 Å². The highest BCUT2D eigenvalue weighted by atomic mass is 16.5. The predicted octanol–water partition coefficient (Wildman–Crippen LogP) is 3.02. The normalized spacial score (nSPS) is 16.1. The first kappa shape index (κ1) is 13.9. The fourth-order valence-corrected chi connectivity index (χ4v) is 2.50. The Bertz CT molecular complexity index is 414. The Morgan fingerprint density at radius 2 is 2.00 bits per heavy atom. The van der Waals surface area contributed by atoms with Crippen LogP contribution in [-0.2, 0) is 9.53 Å². The Labute approximate surface area is 114 Å². The van der Waals surface area contributed by atoms with Gasteiger partial charge in [0.2, 0.25) is 5.91 Å². The molecule has 0 aliphatic heterocycles. The van der Waals surface area contributed by atoms with Gasteiger partial charge >= 0.3 is 0 Å². The van der Waals surface area contributed by atoms with Gasteiger partial charge < -0.3 is 15.4 Å². The fraction of sp³-hybridized carbons (Fsp3) is 0.533. The van der Waals surface area contributed by atoms with Gasteiger partial charge in [-0.15, -0.1) is 0 Å². The van der Waals surface area contributed by atoms with Gasteiger partial charge in [-0.25, -0.2) is 0 Å². The van der Waals surface area contributed by atoms with E-state index in [2.05, 4.69) is 10.6 Å². The molecule has 1 saturated carbocycles. The van der Waals surface area contributed by atoms with Crippen LogP contribution in [0.25, 0.3) is 0 Å². The first-order valence-electron chi connectivity index (χ1n) is 6.93.